The molecule has 1 amide bonds. The van der Waals surface area contributed by atoms with E-state index in [0.717, 1.165) is 12.1 Å². The predicted molar refractivity (Wildman–Crippen MR) is 79.0 cm³/mol. The zero-order valence-electron chi connectivity index (χ0n) is 12.1. The lowest BCUT2D eigenvalue weighted by Gasteiger charge is -2.25. The number of amides is 1. The minimum Gasteiger partial charge on any atom is -0.478 e. The first-order valence-corrected chi connectivity index (χ1v) is 6.44. The Hall–Kier alpha value is -2.24. The average molecular weight is 279 g/mol. The summed E-state index contributed by atoms with van der Waals surface area (Å²) in [5.41, 5.74) is 6.77. The molecule has 0 aliphatic heterocycles. The lowest BCUT2D eigenvalue weighted by molar-refractivity contribution is -0.127. The maximum Gasteiger partial charge on any atom is 0.337 e. The molecule has 0 fully saturated rings. The molecule has 6 nitrogen and oxygen atoms in total. The van der Waals surface area contributed by atoms with E-state index in [0.29, 0.717) is 6.54 Å². The van der Waals surface area contributed by atoms with Gasteiger partial charge in [0.15, 0.2) is 0 Å². The molecule has 0 unspecified atom stereocenters. The minimum atomic E-state index is -1.06. The third-order valence-electron chi connectivity index (χ3n) is 2.95. The number of nitrogens with two attached hydrogens (primary N) is 1. The summed E-state index contributed by atoms with van der Waals surface area (Å²) in [6.07, 6.45) is 0.876. The molecule has 0 saturated carbocycles. The number of nitrogens with zero attached hydrogens (tertiary/aromatic N) is 2. The molecular formula is C14H21N3O3. The number of carbonyl (C=O) groups excluding carboxylic acids is 1. The standard InChI is InChI=1S/C14H21N3O3/c1-4-7-17(9-13(18)16(2)3)10-5-6-11(14(19)20)12(15)8-10/h5-6,8H,4,7,9,15H2,1-3H3,(H,19,20). The van der Waals surface area contributed by atoms with Crippen molar-refractivity contribution in [3.8, 4) is 0 Å². The number of benzene rings is 1. The highest BCUT2D eigenvalue weighted by atomic mass is 16.4. The van der Waals surface area contributed by atoms with Gasteiger partial charge >= 0.3 is 5.97 Å². The zero-order valence-corrected chi connectivity index (χ0v) is 12.1. The molecule has 0 spiro atoms. The summed E-state index contributed by atoms with van der Waals surface area (Å²) < 4.78 is 0. The summed E-state index contributed by atoms with van der Waals surface area (Å²) in [5.74, 6) is -1.07. The van der Waals surface area contributed by atoms with Crippen LogP contribution in [0.25, 0.3) is 0 Å². The van der Waals surface area contributed by atoms with E-state index in [1.54, 1.807) is 26.2 Å². The van der Waals surface area contributed by atoms with Gasteiger partial charge in [0.05, 0.1) is 12.1 Å². The van der Waals surface area contributed by atoms with Gasteiger partial charge < -0.3 is 20.6 Å². The molecule has 0 atom stereocenters. The van der Waals surface area contributed by atoms with E-state index >= 15 is 0 Å². The Morgan fingerprint density at radius 3 is 2.40 bits per heavy atom. The van der Waals surface area contributed by atoms with E-state index in [2.05, 4.69) is 0 Å². The van der Waals surface area contributed by atoms with Gasteiger partial charge in [-0.3, -0.25) is 4.79 Å². The average Bonchev–Trinajstić information content (AvgIpc) is 2.37. The van der Waals surface area contributed by atoms with Crippen molar-refractivity contribution >= 4 is 23.3 Å². The maximum absolute atomic E-state index is 11.8. The Bertz CT molecular complexity index is 500. The molecule has 3 N–H and O–H groups in total. The predicted octanol–water partition coefficient (Wildman–Crippen LogP) is 1.27. The van der Waals surface area contributed by atoms with Crippen LogP contribution in [0.3, 0.4) is 0 Å². The number of hydrogen-bond acceptors (Lipinski definition) is 4. The molecule has 20 heavy (non-hydrogen) atoms. The molecule has 0 bridgehead atoms. The largest absolute Gasteiger partial charge is 0.478 e. The van der Waals surface area contributed by atoms with Crippen molar-refractivity contribution in [3.05, 3.63) is 23.8 Å². The molecule has 1 aromatic rings. The van der Waals surface area contributed by atoms with Crippen molar-refractivity contribution in [1.82, 2.24) is 4.90 Å². The van der Waals surface area contributed by atoms with Crippen molar-refractivity contribution in [2.24, 2.45) is 0 Å². The maximum atomic E-state index is 11.8. The Balaban J connectivity index is 3.00. The molecule has 0 aliphatic rings. The highest BCUT2D eigenvalue weighted by Crippen LogP contribution is 2.22. The number of nitrogen functional groups attached to an aromatic ring is 1. The fraction of sp³-hybridized carbons (Fsp3) is 0.429. The second-order valence-corrected chi connectivity index (χ2v) is 4.79. The topological polar surface area (TPSA) is 86.9 Å². The van der Waals surface area contributed by atoms with Crippen LogP contribution in [-0.2, 0) is 4.79 Å². The van der Waals surface area contributed by atoms with Crippen molar-refractivity contribution in [3.63, 3.8) is 0 Å². The van der Waals surface area contributed by atoms with Crippen LogP contribution in [0.5, 0.6) is 0 Å². The van der Waals surface area contributed by atoms with Gasteiger partial charge in [-0.25, -0.2) is 4.79 Å². The second kappa shape index (κ2) is 6.79. The van der Waals surface area contributed by atoms with E-state index in [-0.39, 0.29) is 23.7 Å². The number of carboxylic acids is 1. The normalized spacial score (nSPS) is 10.2. The fourth-order valence-electron chi connectivity index (χ4n) is 1.82. The Labute approximate surface area is 118 Å². The summed E-state index contributed by atoms with van der Waals surface area (Å²) in [4.78, 5) is 26.2. The number of aromatic carboxylic acids is 1. The van der Waals surface area contributed by atoms with Gasteiger partial charge in [-0.1, -0.05) is 6.92 Å². The van der Waals surface area contributed by atoms with Crippen LogP contribution in [0.15, 0.2) is 18.2 Å². The Kier molecular flexibility index (Phi) is 5.37. The van der Waals surface area contributed by atoms with E-state index in [4.69, 9.17) is 10.8 Å². The Morgan fingerprint density at radius 1 is 1.30 bits per heavy atom. The second-order valence-electron chi connectivity index (χ2n) is 4.79. The number of likely N-dealkylation sites (N-methyl/N-ethyl adjacent to an activating group) is 1. The van der Waals surface area contributed by atoms with Gasteiger partial charge in [0.1, 0.15) is 0 Å². The lowest BCUT2D eigenvalue weighted by atomic mass is 10.1. The lowest BCUT2D eigenvalue weighted by Crippen LogP contribution is -2.37. The van der Waals surface area contributed by atoms with Crippen molar-refractivity contribution in [2.75, 3.05) is 37.8 Å². The van der Waals surface area contributed by atoms with E-state index in [1.807, 2.05) is 11.8 Å². The molecule has 1 aromatic carbocycles. The van der Waals surface area contributed by atoms with E-state index < -0.39 is 5.97 Å². The highest BCUT2D eigenvalue weighted by Gasteiger charge is 2.15. The smallest absolute Gasteiger partial charge is 0.337 e. The third-order valence-corrected chi connectivity index (χ3v) is 2.95. The van der Waals surface area contributed by atoms with Crippen molar-refractivity contribution in [2.45, 2.75) is 13.3 Å². The summed E-state index contributed by atoms with van der Waals surface area (Å²) in [7, 11) is 3.41. The Morgan fingerprint density at radius 2 is 1.95 bits per heavy atom. The van der Waals surface area contributed by atoms with Gasteiger partial charge in [-0.15, -0.1) is 0 Å². The quantitative estimate of drug-likeness (QED) is 0.766. The van der Waals surface area contributed by atoms with Crippen molar-refractivity contribution in [1.29, 1.82) is 0 Å². The molecule has 0 heterocycles. The van der Waals surface area contributed by atoms with Gasteiger partial charge in [0, 0.05) is 32.0 Å². The zero-order chi connectivity index (χ0) is 15.3. The molecule has 0 saturated heterocycles. The molecule has 0 radical (unpaired) electrons. The minimum absolute atomic E-state index is 0.0145. The van der Waals surface area contributed by atoms with Gasteiger partial charge in [0.25, 0.3) is 0 Å². The van der Waals surface area contributed by atoms with Crippen LogP contribution in [0, 0.1) is 0 Å². The number of carbonyl (C=O) groups is 2. The van der Waals surface area contributed by atoms with Gasteiger partial charge in [-0.2, -0.15) is 0 Å². The highest BCUT2D eigenvalue weighted by molar-refractivity contribution is 5.94. The fourth-order valence-corrected chi connectivity index (χ4v) is 1.82. The molecule has 1 rings (SSSR count). The first-order chi connectivity index (χ1) is 9.36. The van der Waals surface area contributed by atoms with Crippen LogP contribution in [-0.4, -0.2) is 49.1 Å². The van der Waals surface area contributed by atoms with Crippen LogP contribution >= 0.6 is 0 Å². The first kappa shape index (κ1) is 15.8. The summed E-state index contributed by atoms with van der Waals surface area (Å²) in [5, 5.41) is 8.96. The third kappa shape index (κ3) is 3.88. The molecule has 0 aliphatic carbocycles. The SMILES string of the molecule is CCCN(CC(=O)N(C)C)c1ccc(C(=O)O)c(N)c1. The summed E-state index contributed by atoms with van der Waals surface area (Å²) in [6.45, 7) is 2.96. The number of anilines is 2. The van der Waals surface area contributed by atoms with Crippen LogP contribution < -0.4 is 10.6 Å². The number of hydrogen-bond donors (Lipinski definition) is 2. The monoisotopic (exact) mass is 279 g/mol. The van der Waals surface area contributed by atoms with Crippen LogP contribution in [0.1, 0.15) is 23.7 Å². The van der Waals surface area contributed by atoms with E-state index in [9.17, 15) is 9.59 Å². The van der Waals surface area contributed by atoms with E-state index in [1.165, 1.54) is 11.0 Å². The van der Waals surface area contributed by atoms with Gasteiger partial charge in [-0.05, 0) is 24.6 Å². The molecule has 6 heteroatoms. The van der Waals surface area contributed by atoms with Gasteiger partial charge in [0.2, 0.25) is 5.91 Å². The summed E-state index contributed by atoms with van der Waals surface area (Å²) >= 11 is 0. The number of rotatable bonds is 6. The number of carboxylic acid groups (broad SMARTS) is 1. The molecule has 0 aromatic heterocycles. The van der Waals surface area contributed by atoms with Crippen molar-refractivity contribution < 1.29 is 14.7 Å². The van der Waals surface area contributed by atoms with Crippen LogP contribution in [0.2, 0.25) is 0 Å². The summed E-state index contributed by atoms with van der Waals surface area (Å²) in [6, 6.07) is 4.75. The molecular weight excluding hydrogens is 258 g/mol. The first-order valence-electron chi connectivity index (χ1n) is 6.44. The molecule has 110 valence electrons. The van der Waals surface area contributed by atoms with Crippen LogP contribution in [0.4, 0.5) is 11.4 Å².